The minimum atomic E-state index is -0.198. The number of benzene rings is 1. The lowest BCUT2D eigenvalue weighted by atomic mass is 9.91. The van der Waals surface area contributed by atoms with Gasteiger partial charge < -0.3 is 20.9 Å². The van der Waals surface area contributed by atoms with Crippen molar-refractivity contribution in [3.8, 4) is 0 Å². The van der Waals surface area contributed by atoms with Gasteiger partial charge in [-0.1, -0.05) is 17.7 Å². The molecule has 0 saturated heterocycles. The Morgan fingerprint density at radius 2 is 1.89 bits per heavy atom. The van der Waals surface area contributed by atoms with E-state index in [2.05, 4.69) is 25.9 Å². The third-order valence-corrected chi connectivity index (χ3v) is 5.08. The van der Waals surface area contributed by atoms with Gasteiger partial charge in [-0.25, -0.2) is 9.78 Å². The molecule has 1 fully saturated rings. The molecule has 0 bridgehead atoms. The highest BCUT2D eigenvalue weighted by Crippen LogP contribution is 2.23. The topological polar surface area (TPSA) is 82.2 Å². The first-order valence-electron chi connectivity index (χ1n) is 9.51. The van der Waals surface area contributed by atoms with Crippen molar-refractivity contribution in [2.24, 2.45) is 0 Å². The molecule has 28 heavy (non-hydrogen) atoms. The lowest BCUT2D eigenvalue weighted by Gasteiger charge is -2.30. The van der Waals surface area contributed by atoms with E-state index in [1.165, 1.54) is 0 Å². The second-order valence-corrected chi connectivity index (χ2v) is 7.83. The molecule has 3 N–H and O–H groups in total. The number of hydrogen-bond donors (Lipinski definition) is 3. The Morgan fingerprint density at radius 1 is 1.18 bits per heavy atom. The molecular weight excluding hydrogens is 376 g/mol. The molecule has 150 valence electrons. The van der Waals surface area contributed by atoms with Crippen LogP contribution in [0.2, 0.25) is 5.02 Å². The molecule has 1 aliphatic carbocycles. The Morgan fingerprint density at radius 3 is 2.57 bits per heavy atom. The molecule has 0 aliphatic heterocycles. The fourth-order valence-electron chi connectivity index (χ4n) is 3.44. The monoisotopic (exact) mass is 402 g/mol. The second kappa shape index (κ2) is 9.10. The zero-order valence-corrected chi connectivity index (χ0v) is 17.3. The quantitative estimate of drug-likeness (QED) is 0.702. The van der Waals surface area contributed by atoms with Gasteiger partial charge in [0, 0.05) is 48.6 Å². The van der Waals surface area contributed by atoms with E-state index in [1.54, 1.807) is 12.1 Å². The number of anilines is 3. The van der Waals surface area contributed by atoms with Crippen LogP contribution in [0.4, 0.5) is 22.2 Å². The van der Waals surface area contributed by atoms with Gasteiger partial charge in [-0.05, 0) is 50.8 Å². The van der Waals surface area contributed by atoms with E-state index >= 15 is 0 Å². The van der Waals surface area contributed by atoms with Gasteiger partial charge in [-0.3, -0.25) is 0 Å². The summed E-state index contributed by atoms with van der Waals surface area (Å²) < 4.78 is 0. The van der Waals surface area contributed by atoms with E-state index in [9.17, 15) is 4.79 Å². The summed E-state index contributed by atoms with van der Waals surface area (Å²) in [4.78, 5) is 23.2. The van der Waals surface area contributed by atoms with E-state index in [4.69, 9.17) is 11.6 Å². The van der Waals surface area contributed by atoms with Crippen LogP contribution in [0.15, 0.2) is 30.5 Å². The molecule has 1 saturated carbocycles. The summed E-state index contributed by atoms with van der Waals surface area (Å²) in [5.74, 6) is 1.58. The maximum absolute atomic E-state index is 12.2. The maximum atomic E-state index is 12.2. The fourth-order valence-corrected chi connectivity index (χ4v) is 3.63. The van der Waals surface area contributed by atoms with E-state index in [1.807, 2.05) is 44.2 Å². The summed E-state index contributed by atoms with van der Waals surface area (Å²) in [5, 5.41) is 9.90. The van der Waals surface area contributed by atoms with Crippen molar-refractivity contribution in [3.05, 3.63) is 41.0 Å². The van der Waals surface area contributed by atoms with Gasteiger partial charge in [0.25, 0.3) is 0 Å². The molecule has 0 unspecified atom stereocenters. The maximum Gasteiger partial charge on any atom is 0.319 e. The highest BCUT2D eigenvalue weighted by Gasteiger charge is 2.23. The first-order chi connectivity index (χ1) is 13.4. The van der Waals surface area contributed by atoms with E-state index in [0.29, 0.717) is 22.7 Å². The van der Waals surface area contributed by atoms with Crippen LogP contribution in [0.1, 0.15) is 31.2 Å². The normalized spacial score (nSPS) is 19.0. The molecule has 0 spiro atoms. The molecule has 0 radical (unpaired) electrons. The Bertz CT molecular complexity index is 820. The summed E-state index contributed by atoms with van der Waals surface area (Å²) in [6, 6.07) is 7.40. The standard InChI is InChI=1S/C20H27ClN6O/c1-13-12-22-19(26-18(13)27(2)3)23-15-7-9-16(10-8-15)24-20(28)25-17-6-4-5-14(21)11-17/h4-6,11-12,15-16H,7-10H2,1-3H3,(H,22,23,26)(H2,24,25,28). The first-order valence-corrected chi connectivity index (χ1v) is 9.89. The molecule has 1 aliphatic rings. The Kier molecular flexibility index (Phi) is 6.57. The summed E-state index contributed by atoms with van der Waals surface area (Å²) in [5.41, 5.74) is 1.74. The number of halogens is 1. The molecule has 1 aromatic carbocycles. The highest BCUT2D eigenvalue weighted by atomic mass is 35.5. The predicted molar refractivity (Wildman–Crippen MR) is 114 cm³/mol. The SMILES string of the molecule is Cc1cnc(NC2CCC(NC(=O)Nc3cccc(Cl)c3)CC2)nc1N(C)C. The number of amides is 2. The van der Waals surface area contributed by atoms with Gasteiger partial charge in [0.1, 0.15) is 5.82 Å². The summed E-state index contributed by atoms with van der Waals surface area (Å²) >= 11 is 5.95. The van der Waals surface area contributed by atoms with Crippen LogP contribution in [0.5, 0.6) is 0 Å². The third-order valence-electron chi connectivity index (χ3n) is 4.85. The lowest BCUT2D eigenvalue weighted by molar-refractivity contribution is 0.243. The molecule has 2 amide bonds. The van der Waals surface area contributed by atoms with Crippen LogP contribution in [-0.2, 0) is 0 Å². The third kappa shape index (κ3) is 5.48. The van der Waals surface area contributed by atoms with Gasteiger partial charge in [0.2, 0.25) is 5.95 Å². The molecule has 1 heterocycles. The molecular formula is C20H27ClN6O. The predicted octanol–water partition coefficient (Wildman–Crippen LogP) is 4.05. The Labute approximate surface area is 170 Å². The minimum Gasteiger partial charge on any atom is -0.362 e. The van der Waals surface area contributed by atoms with Crippen LogP contribution < -0.4 is 20.9 Å². The van der Waals surface area contributed by atoms with Gasteiger partial charge in [-0.15, -0.1) is 0 Å². The van der Waals surface area contributed by atoms with Crippen molar-refractivity contribution >= 4 is 35.1 Å². The molecule has 1 aromatic heterocycles. The van der Waals surface area contributed by atoms with E-state index in [-0.39, 0.29) is 12.1 Å². The van der Waals surface area contributed by atoms with Crippen molar-refractivity contribution in [2.75, 3.05) is 29.6 Å². The number of nitrogens with one attached hydrogen (secondary N) is 3. The average molecular weight is 403 g/mol. The molecule has 7 nitrogen and oxygen atoms in total. The van der Waals surface area contributed by atoms with Crippen LogP contribution in [-0.4, -0.2) is 42.2 Å². The van der Waals surface area contributed by atoms with Crippen LogP contribution in [0.25, 0.3) is 0 Å². The van der Waals surface area contributed by atoms with Crippen LogP contribution in [0, 0.1) is 6.92 Å². The van der Waals surface area contributed by atoms with Crippen LogP contribution in [0.3, 0.4) is 0 Å². The minimum absolute atomic E-state index is 0.161. The van der Waals surface area contributed by atoms with Crippen molar-refractivity contribution in [1.29, 1.82) is 0 Å². The Balaban J connectivity index is 1.47. The number of urea groups is 1. The smallest absolute Gasteiger partial charge is 0.319 e. The number of carbonyl (C=O) groups excluding carboxylic acids is 1. The van der Waals surface area contributed by atoms with Crippen molar-refractivity contribution in [1.82, 2.24) is 15.3 Å². The van der Waals surface area contributed by atoms with E-state index < -0.39 is 0 Å². The molecule has 0 atom stereocenters. The first kappa shape index (κ1) is 20.2. The molecule has 8 heteroatoms. The van der Waals surface area contributed by atoms with Crippen molar-refractivity contribution in [3.63, 3.8) is 0 Å². The molecule has 2 aromatic rings. The number of aromatic nitrogens is 2. The van der Waals surface area contributed by atoms with Gasteiger partial charge in [0.05, 0.1) is 0 Å². The Hall–Kier alpha value is -2.54. The van der Waals surface area contributed by atoms with Crippen molar-refractivity contribution in [2.45, 2.75) is 44.7 Å². The summed E-state index contributed by atoms with van der Waals surface area (Å²) in [6.45, 7) is 2.00. The summed E-state index contributed by atoms with van der Waals surface area (Å²) in [6.07, 6.45) is 5.57. The number of hydrogen-bond acceptors (Lipinski definition) is 5. The van der Waals surface area contributed by atoms with Gasteiger partial charge >= 0.3 is 6.03 Å². The number of aryl methyl sites for hydroxylation is 1. The summed E-state index contributed by atoms with van der Waals surface area (Å²) in [7, 11) is 3.95. The largest absolute Gasteiger partial charge is 0.362 e. The zero-order valence-electron chi connectivity index (χ0n) is 16.5. The van der Waals surface area contributed by atoms with Gasteiger partial charge in [0.15, 0.2) is 0 Å². The average Bonchev–Trinajstić information content (AvgIpc) is 2.64. The second-order valence-electron chi connectivity index (χ2n) is 7.40. The van der Waals surface area contributed by atoms with Crippen molar-refractivity contribution < 1.29 is 4.79 Å². The fraction of sp³-hybridized carbons (Fsp3) is 0.450. The number of rotatable bonds is 5. The van der Waals surface area contributed by atoms with E-state index in [0.717, 1.165) is 37.1 Å². The zero-order chi connectivity index (χ0) is 20.1. The lowest BCUT2D eigenvalue weighted by Crippen LogP contribution is -2.42. The highest BCUT2D eigenvalue weighted by molar-refractivity contribution is 6.30. The molecule has 3 rings (SSSR count). The number of nitrogens with zero attached hydrogens (tertiary/aromatic N) is 3. The van der Waals surface area contributed by atoms with Gasteiger partial charge in [-0.2, -0.15) is 4.98 Å². The van der Waals surface area contributed by atoms with Crippen LogP contribution >= 0.6 is 11.6 Å². The number of carbonyl (C=O) groups is 1.